The smallest absolute Gasteiger partial charge is 0.407 e. The van der Waals surface area contributed by atoms with Crippen molar-refractivity contribution in [3.63, 3.8) is 0 Å². The standard InChI is InChI=1S/C30H26F3N3O3/c1-17-8-20(12-21(31)9-17)26-15-34-27-6-5-18(19-10-22(32)14-23(33)11-19)13-25(27)28(26)29(37)35(2)16-24-4-3-7-36(24)30(38)39/h5-6,8-15,24H,3-4,7,16H2,1-2H3,(H,38,39)/t24-/m0/s1. The lowest BCUT2D eigenvalue weighted by atomic mass is 9.93. The highest BCUT2D eigenvalue weighted by atomic mass is 19.1. The number of aryl methyl sites for hydroxylation is 1. The maximum Gasteiger partial charge on any atom is 0.407 e. The van der Waals surface area contributed by atoms with E-state index in [1.807, 2.05) is 0 Å². The average molecular weight is 534 g/mol. The van der Waals surface area contributed by atoms with Gasteiger partial charge in [-0.05, 0) is 78.4 Å². The summed E-state index contributed by atoms with van der Waals surface area (Å²) >= 11 is 0. The van der Waals surface area contributed by atoms with Crippen molar-refractivity contribution in [2.45, 2.75) is 25.8 Å². The van der Waals surface area contributed by atoms with Crippen LogP contribution in [0.3, 0.4) is 0 Å². The molecule has 1 aromatic heterocycles. The highest BCUT2D eigenvalue weighted by Gasteiger charge is 2.31. The van der Waals surface area contributed by atoms with Gasteiger partial charge in [-0.15, -0.1) is 0 Å². The van der Waals surface area contributed by atoms with E-state index in [-0.39, 0.29) is 23.7 Å². The van der Waals surface area contributed by atoms with E-state index in [4.69, 9.17) is 0 Å². The Balaban J connectivity index is 1.67. The molecule has 0 bridgehead atoms. The molecule has 1 atom stereocenters. The lowest BCUT2D eigenvalue weighted by Gasteiger charge is -2.28. The van der Waals surface area contributed by atoms with Crippen molar-refractivity contribution in [3.8, 4) is 22.3 Å². The van der Waals surface area contributed by atoms with Gasteiger partial charge in [0.2, 0.25) is 0 Å². The van der Waals surface area contributed by atoms with E-state index in [0.717, 1.165) is 6.07 Å². The number of rotatable bonds is 5. The number of aromatic nitrogens is 1. The van der Waals surface area contributed by atoms with Crippen LogP contribution in [-0.2, 0) is 0 Å². The van der Waals surface area contributed by atoms with E-state index in [0.29, 0.717) is 52.5 Å². The number of likely N-dealkylation sites (tertiary alicyclic amines) is 1. The predicted molar refractivity (Wildman–Crippen MR) is 142 cm³/mol. The van der Waals surface area contributed by atoms with Crippen molar-refractivity contribution in [2.24, 2.45) is 0 Å². The Bertz CT molecular complexity index is 1560. The fourth-order valence-corrected chi connectivity index (χ4v) is 5.30. The van der Waals surface area contributed by atoms with Gasteiger partial charge in [0.1, 0.15) is 17.5 Å². The normalized spacial score (nSPS) is 15.1. The first-order chi connectivity index (χ1) is 18.6. The number of hydrogen-bond acceptors (Lipinski definition) is 3. The van der Waals surface area contributed by atoms with Gasteiger partial charge in [-0.2, -0.15) is 0 Å². The summed E-state index contributed by atoms with van der Waals surface area (Å²) in [6, 6.07) is 12.2. The number of pyridine rings is 1. The molecule has 3 aromatic carbocycles. The monoisotopic (exact) mass is 533 g/mol. The van der Waals surface area contributed by atoms with Crippen molar-refractivity contribution in [1.29, 1.82) is 0 Å². The number of benzene rings is 3. The van der Waals surface area contributed by atoms with Gasteiger partial charge in [-0.3, -0.25) is 9.78 Å². The third-order valence-electron chi connectivity index (χ3n) is 7.08. The number of carbonyl (C=O) groups is 2. The molecule has 1 saturated heterocycles. The Morgan fingerprint density at radius 1 is 0.974 bits per heavy atom. The number of amides is 2. The first-order valence-electron chi connectivity index (χ1n) is 12.5. The number of likely N-dealkylation sites (N-methyl/N-ethyl adjacent to an activating group) is 1. The number of carbonyl (C=O) groups excluding carboxylic acids is 1. The maximum absolute atomic E-state index is 14.4. The van der Waals surface area contributed by atoms with Crippen molar-refractivity contribution < 1.29 is 27.9 Å². The Morgan fingerprint density at radius 2 is 1.67 bits per heavy atom. The lowest BCUT2D eigenvalue weighted by molar-refractivity contribution is 0.0746. The Hall–Kier alpha value is -4.40. The molecule has 0 spiro atoms. The summed E-state index contributed by atoms with van der Waals surface area (Å²) in [5.74, 6) is -2.34. The second-order valence-corrected chi connectivity index (χ2v) is 9.91. The van der Waals surface area contributed by atoms with Gasteiger partial charge >= 0.3 is 6.09 Å². The molecule has 200 valence electrons. The van der Waals surface area contributed by atoms with E-state index < -0.39 is 29.5 Å². The summed E-state index contributed by atoms with van der Waals surface area (Å²) in [6.07, 6.45) is 1.82. The molecule has 0 aliphatic carbocycles. The van der Waals surface area contributed by atoms with Crippen LogP contribution >= 0.6 is 0 Å². The van der Waals surface area contributed by atoms with Crippen LogP contribution in [-0.4, -0.2) is 58.1 Å². The lowest BCUT2D eigenvalue weighted by Crippen LogP contribution is -2.43. The Labute approximate surface area is 223 Å². The van der Waals surface area contributed by atoms with Crippen LogP contribution in [0.1, 0.15) is 28.8 Å². The van der Waals surface area contributed by atoms with Crippen LogP contribution in [0, 0.1) is 24.4 Å². The molecule has 4 aromatic rings. The average Bonchev–Trinajstić information content (AvgIpc) is 3.34. The first kappa shape index (κ1) is 26.2. The van der Waals surface area contributed by atoms with E-state index >= 15 is 0 Å². The Kier molecular flexibility index (Phi) is 6.99. The van der Waals surface area contributed by atoms with E-state index in [9.17, 15) is 27.9 Å². The van der Waals surface area contributed by atoms with E-state index in [2.05, 4.69) is 4.98 Å². The van der Waals surface area contributed by atoms with E-state index in [1.54, 1.807) is 38.2 Å². The molecule has 1 N–H and O–H groups in total. The van der Waals surface area contributed by atoms with Crippen LogP contribution in [0.4, 0.5) is 18.0 Å². The Morgan fingerprint density at radius 3 is 2.36 bits per heavy atom. The highest BCUT2D eigenvalue weighted by molar-refractivity contribution is 6.12. The maximum atomic E-state index is 14.4. The van der Waals surface area contributed by atoms with Crippen molar-refractivity contribution in [1.82, 2.24) is 14.8 Å². The molecule has 1 fully saturated rings. The minimum absolute atomic E-state index is 0.172. The zero-order chi connectivity index (χ0) is 27.8. The van der Waals surface area contributed by atoms with Gasteiger partial charge in [-0.1, -0.05) is 12.1 Å². The molecule has 0 radical (unpaired) electrons. The van der Waals surface area contributed by atoms with Crippen LogP contribution in [0.15, 0.2) is 60.8 Å². The number of fused-ring (bicyclic) bond motifs is 1. The van der Waals surface area contributed by atoms with Gasteiger partial charge in [0.15, 0.2) is 0 Å². The van der Waals surface area contributed by atoms with Crippen LogP contribution in [0.2, 0.25) is 0 Å². The first-order valence-corrected chi connectivity index (χ1v) is 12.5. The molecule has 5 rings (SSSR count). The van der Waals surface area contributed by atoms with Crippen molar-refractivity contribution in [2.75, 3.05) is 20.1 Å². The molecular formula is C30H26F3N3O3. The topological polar surface area (TPSA) is 73.7 Å². The second-order valence-electron chi connectivity index (χ2n) is 9.91. The summed E-state index contributed by atoms with van der Waals surface area (Å²) in [5.41, 5.74) is 2.98. The third-order valence-corrected chi connectivity index (χ3v) is 7.08. The third kappa shape index (κ3) is 5.30. The van der Waals surface area contributed by atoms with Crippen molar-refractivity contribution in [3.05, 3.63) is 89.4 Å². The second kappa shape index (κ2) is 10.4. The molecule has 9 heteroatoms. The number of carboxylic acid groups (broad SMARTS) is 1. The molecule has 39 heavy (non-hydrogen) atoms. The number of halogens is 3. The molecule has 6 nitrogen and oxygen atoms in total. The van der Waals surface area contributed by atoms with Crippen LogP contribution in [0.5, 0.6) is 0 Å². The molecule has 0 unspecified atom stereocenters. The molecule has 2 heterocycles. The van der Waals surface area contributed by atoms with Gasteiger partial charge in [0, 0.05) is 43.4 Å². The minimum Gasteiger partial charge on any atom is -0.465 e. The molecule has 2 amide bonds. The number of hydrogen-bond donors (Lipinski definition) is 1. The summed E-state index contributed by atoms with van der Waals surface area (Å²) in [5, 5.41) is 9.97. The molecule has 0 saturated carbocycles. The van der Waals surface area contributed by atoms with Gasteiger partial charge < -0.3 is 14.9 Å². The predicted octanol–water partition coefficient (Wildman–Crippen LogP) is 6.51. The fourth-order valence-electron chi connectivity index (χ4n) is 5.30. The van der Waals surface area contributed by atoms with Crippen molar-refractivity contribution >= 4 is 22.9 Å². The summed E-state index contributed by atoms with van der Waals surface area (Å²) in [6.45, 7) is 2.32. The number of nitrogens with zero attached hydrogens (tertiary/aromatic N) is 3. The summed E-state index contributed by atoms with van der Waals surface area (Å²) < 4.78 is 42.4. The van der Waals surface area contributed by atoms with Crippen LogP contribution < -0.4 is 0 Å². The quantitative estimate of drug-likeness (QED) is 0.318. The van der Waals surface area contributed by atoms with E-state index in [1.165, 1.54) is 40.3 Å². The highest BCUT2D eigenvalue weighted by Crippen LogP contribution is 2.34. The molecular weight excluding hydrogens is 507 g/mol. The molecule has 1 aliphatic rings. The SMILES string of the molecule is Cc1cc(F)cc(-c2cnc3ccc(-c4cc(F)cc(F)c4)cc3c2C(=O)N(C)C[C@@H]2CCCN2C(=O)O)c1. The molecule has 1 aliphatic heterocycles. The zero-order valence-electron chi connectivity index (χ0n) is 21.4. The fraction of sp³-hybridized carbons (Fsp3) is 0.233. The van der Waals surface area contributed by atoms with Gasteiger partial charge in [-0.25, -0.2) is 18.0 Å². The van der Waals surface area contributed by atoms with Gasteiger partial charge in [0.25, 0.3) is 5.91 Å². The minimum atomic E-state index is -1.03. The van der Waals surface area contributed by atoms with Gasteiger partial charge in [0.05, 0.1) is 17.1 Å². The summed E-state index contributed by atoms with van der Waals surface area (Å²) in [4.78, 5) is 33.0. The zero-order valence-corrected chi connectivity index (χ0v) is 21.4. The summed E-state index contributed by atoms with van der Waals surface area (Å²) in [7, 11) is 1.60. The van der Waals surface area contributed by atoms with Crippen LogP contribution in [0.25, 0.3) is 33.2 Å². The largest absolute Gasteiger partial charge is 0.465 e.